The average molecular weight is 619 g/mol. The number of benzene rings is 4. The molecule has 2 unspecified atom stereocenters. The molecule has 44 heavy (non-hydrogen) atoms. The van der Waals surface area contributed by atoms with Gasteiger partial charge >= 0.3 is 0 Å². The van der Waals surface area contributed by atoms with Gasteiger partial charge in [-0.15, -0.1) is 22.7 Å². The topological polar surface area (TPSA) is 0 Å². The van der Waals surface area contributed by atoms with Crippen LogP contribution in [-0.2, 0) is 0 Å². The van der Waals surface area contributed by atoms with Crippen molar-refractivity contribution in [2.45, 2.75) is 32.4 Å². The molecule has 2 aromatic heterocycles. The van der Waals surface area contributed by atoms with Crippen LogP contribution in [0.4, 0.5) is 13.2 Å². The molecule has 0 amide bonds. The average Bonchev–Trinajstić information content (AvgIpc) is 3.71. The molecule has 1 aliphatic rings. The molecular formula is C39H29F3S2. The molecule has 0 radical (unpaired) electrons. The molecule has 0 saturated heterocycles. The monoisotopic (exact) mass is 618 g/mol. The highest BCUT2D eigenvalue weighted by Crippen LogP contribution is 2.50. The van der Waals surface area contributed by atoms with E-state index in [9.17, 15) is 0 Å². The van der Waals surface area contributed by atoms with E-state index in [1.807, 2.05) is 86.6 Å². The minimum absolute atomic E-state index is 0.137. The predicted octanol–water partition coefficient (Wildman–Crippen LogP) is 12.0. The summed E-state index contributed by atoms with van der Waals surface area (Å²) in [5, 5.41) is 0. The Morgan fingerprint density at radius 1 is 0.432 bits per heavy atom. The third-order valence-electron chi connectivity index (χ3n) is 8.37. The maximum atomic E-state index is 15.7. The van der Waals surface area contributed by atoms with Crippen molar-refractivity contribution in [1.29, 1.82) is 0 Å². The lowest BCUT2D eigenvalue weighted by Crippen LogP contribution is -2.21. The van der Waals surface area contributed by atoms with Crippen LogP contribution in [0.3, 0.4) is 0 Å². The molecule has 0 aliphatic heterocycles. The van der Waals surface area contributed by atoms with Crippen molar-refractivity contribution in [1.82, 2.24) is 0 Å². The van der Waals surface area contributed by atoms with Crippen molar-refractivity contribution < 1.29 is 13.2 Å². The number of halogens is 3. The molecule has 218 valence electrons. The summed E-state index contributed by atoms with van der Waals surface area (Å²) in [6.45, 7) is 3.80. The van der Waals surface area contributed by atoms with E-state index in [2.05, 4.69) is 48.5 Å². The highest BCUT2D eigenvalue weighted by molar-refractivity contribution is 7.16. The van der Waals surface area contributed by atoms with Crippen LogP contribution in [0.5, 0.6) is 0 Å². The molecule has 0 saturated carbocycles. The molecule has 0 spiro atoms. The molecular weight excluding hydrogens is 590 g/mol. The lowest BCUT2D eigenvalue weighted by atomic mass is 9.95. The van der Waals surface area contributed by atoms with Gasteiger partial charge in [0.1, 0.15) is 0 Å². The summed E-state index contributed by atoms with van der Waals surface area (Å²) in [6.07, 6.45) is -6.30. The Morgan fingerprint density at radius 2 is 0.750 bits per heavy atom. The van der Waals surface area contributed by atoms with Gasteiger partial charge in [-0.2, -0.15) is 0 Å². The number of allylic oxidation sites excluding steroid dienone is 2. The number of hydrogen-bond donors (Lipinski definition) is 0. The molecule has 2 atom stereocenters. The first-order valence-corrected chi connectivity index (χ1v) is 16.2. The summed E-state index contributed by atoms with van der Waals surface area (Å²) in [7, 11) is 0. The first-order valence-electron chi connectivity index (χ1n) is 14.6. The van der Waals surface area contributed by atoms with Gasteiger partial charge in [-0.1, -0.05) is 109 Å². The number of rotatable bonds is 6. The van der Waals surface area contributed by atoms with Crippen molar-refractivity contribution in [3.05, 3.63) is 142 Å². The molecule has 4 aromatic carbocycles. The Morgan fingerprint density at radius 3 is 1.11 bits per heavy atom. The van der Waals surface area contributed by atoms with E-state index in [0.29, 0.717) is 11.1 Å². The second-order valence-electron chi connectivity index (χ2n) is 11.1. The van der Waals surface area contributed by atoms with E-state index in [0.717, 1.165) is 52.9 Å². The number of hydrogen-bond acceptors (Lipinski definition) is 2. The van der Waals surface area contributed by atoms with Gasteiger partial charge in [-0.3, -0.25) is 0 Å². The second kappa shape index (κ2) is 11.7. The molecule has 2 heterocycles. The Hall–Kier alpha value is -4.19. The summed E-state index contributed by atoms with van der Waals surface area (Å²) >= 11 is 3.04. The van der Waals surface area contributed by atoms with Gasteiger partial charge < -0.3 is 0 Å². The summed E-state index contributed by atoms with van der Waals surface area (Å²) in [4.78, 5) is 3.56. The highest BCUT2D eigenvalue weighted by atomic mass is 32.1. The largest absolute Gasteiger partial charge is 0.240 e. The fourth-order valence-electron chi connectivity index (χ4n) is 6.05. The van der Waals surface area contributed by atoms with Crippen molar-refractivity contribution in [2.75, 3.05) is 0 Å². The fraction of sp³-hybridized carbons (Fsp3) is 0.128. The van der Waals surface area contributed by atoms with E-state index >= 15 is 13.2 Å². The smallest absolute Gasteiger partial charge is 0.171 e. The minimum atomic E-state index is -2.24. The maximum absolute atomic E-state index is 15.7. The number of aryl methyl sites for hydroxylation is 2. The molecule has 6 aromatic rings. The lowest BCUT2D eigenvalue weighted by Gasteiger charge is -2.10. The van der Waals surface area contributed by atoms with E-state index in [1.165, 1.54) is 22.7 Å². The van der Waals surface area contributed by atoms with Crippen molar-refractivity contribution in [3.63, 3.8) is 0 Å². The molecule has 1 aliphatic carbocycles. The molecule has 5 heteroatoms. The van der Waals surface area contributed by atoms with E-state index < -0.39 is 18.5 Å². The van der Waals surface area contributed by atoms with Gasteiger partial charge in [0, 0.05) is 30.7 Å². The molecule has 0 fully saturated rings. The molecule has 7 rings (SSSR count). The molecule has 0 nitrogen and oxygen atoms in total. The quantitative estimate of drug-likeness (QED) is 0.174. The maximum Gasteiger partial charge on any atom is 0.171 e. The standard InChI is InChI=1S/C39H29F3S2/c1-23-31(21-33(43-23)29-17-13-27(14-18-29)25-9-5-3-6-10-25)35-36(38(41)39(42)37(35)40)32-22-34(44-24(32)2)30-19-15-28(16-20-30)26-11-7-4-8-12-26/h3-22,37-39H,1-2H3. The van der Waals surface area contributed by atoms with Crippen LogP contribution >= 0.6 is 22.7 Å². The summed E-state index contributed by atoms with van der Waals surface area (Å²) in [6, 6.07) is 40.5. The number of thiophene rings is 2. The molecule has 0 N–H and O–H groups in total. The zero-order valence-corrected chi connectivity index (χ0v) is 25.9. The van der Waals surface area contributed by atoms with Gasteiger partial charge in [0.25, 0.3) is 0 Å². The van der Waals surface area contributed by atoms with Crippen molar-refractivity contribution in [3.8, 4) is 43.1 Å². The zero-order valence-electron chi connectivity index (χ0n) is 24.2. The number of alkyl halides is 3. The summed E-state index contributed by atoms with van der Waals surface area (Å²) < 4.78 is 46.5. The van der Waals surface area contributed by atoms with Gasteiger partial charge in [0.05, 0.1) is 0 Å². The highest BCUT2D eigenvalue weighted by Gasteiger charge is 2.46. The summed E-state index contributed by atoms with van der Waals surface area (Å²) in [5.74, 6) is 0. The first-order chi connectivity index (χ1) is 21.4. The third-order valence-corrected chi connectivity index (χ3v) is 10.6. The van der Waals surface area contributed by atoms with Crippen LogP contribution in [-0.4, -0.2) is 18.5 Å². The van der Waals surface area contributed by atoms with Crippen LogP contribution in [0.25, 0.3) is 54.3 Å². The Balaban J connectivity index is 1.25. The van der Waals surface area contributed by atoms with Crippen molar-refractivity contribution >= 4 is 33.8 Å². The summed E-state index contributed by atoms with van der Waals surface area (Å²) in [5.41, 5.74) is 7.88. The lowest BCUT2D eigenvalue weighted by molar-refractivity contribution is 0.155. The Labute approximate surface area is 263 Å². The Kier molecular flexibility index (Phi) is 7.61. The van der Waals surface area contributed by atoms with E-state index in [-0.39, 0.29) is 11.1 Å². The van der Waals surface area contributed by atoms with Crippen LogP contribution in [0.2, 0.25) is 0 Å². The fourth-order valence-corrected chi connectivity index (χ4v) is 8.13. The third kappa shape index (κ3) is 5.14. The van der Waals surface area contributed by atoms with Crippen LogP contribution in [0.1, 0.15) is 20.9 Å². The minimum Gasteiger partial charge on any atom is -0.240 e. The zero-order chi connectivity index (χ0) is 30.4. The van der Waals surface area contributed by atoms with Crippen LogP contribution in [0, 0.1) is 13.8 Å². The van der Waals surface area contributed by atoms with Gasteiger partial charge in [0.2, 0.25) is 0 Å². The van der Waals surface area contributed by atoms with Gasteiger partial charge in [-0.05, 0) is 70.5 Å². The first kappa shape index (κ1) is 28.6. The SMILES string of the molecule is Cc1sc(-c2ccc(-c3ccccc3)cc2)cc1C1=C(c2cc(-c3ccc(-c4ccccc4)cc3)sc2C)C(F)C(F)C1F. The van der Waals surface area contributed by atoms with Gasteiger partial charge in [-0.25, -0.2) is 13.2 Å². The normalized spacial score (nSPS) is 18.2. The van der Waals surface area contributed by atoms with E-state index in [4.69, 9.17) is 0 Å². The van der Waals surface area contributed by atoms with E-state index in [1.54, 1.807) is 0 Å². The Bertz CT molecular complexity index is 1810. The van der Waals surface area contributed by atoms with Gasteiger partial charge in [0.15, 0.2) is 18.5 Å². The predicted molar refractivity (Wildman–Crippen MR) is 181 cm³/mol. The van der Waals surface area contributed by atoms with Crippen LogP contribution in [0.15, 0.2) is 121 Å². The van der Waals surface area contributed by atoms with Crippen LogP contribution < -0.4 is 0 Å². The molecule has 0 bridgehead atoms. The second-order valence-corrected chi connectivity index (χ2v) is 13.6. The van der Waals surface area contributed by atoms with Crippen molar-refractivity contribution in [2.24, 2.45) is 0 Å².